The summed E-state index contributed by atoms with van der Waals surface area (Å²) in [5.74, 6) is -0.376. The third-order valence-electron chi connectivity index (χ3n) is 6.01. The summed E-state index contributed by atoms with van der Waals surface area (Å²) in [5, 5.41) is 0. The van der Waals surface area contributed by atoms with Gasteiger partial charge in [0.1, 0.15) is 6.10 Å². The first-order chi connectivity index (χ1) is 19.9. The van der Waals surface area contributed by atoms with Crippen LogP contribution in [-0.2, 0) is 27.9 Å². The molecule has 0 spiro atoms. The third kappa shape index (κ3) is 29.7. The van der Waals surface area contributed by atoms with Crippen molar-refractivity contribution in [1.82, 2.24) is 0 Å². The summed E-state index contributed by atoms with van der Waals surface area (Å²) in [7, 11) is -4.27. The lowest BCUT2D eigenvalue weighted by atomic mass is 10.1. The molecule has 0 rings (SSSR count). The van der Waals surface area contributed by atoms with Crippen molar-refractivity contribution < 1.29 is 32.8 Å². The summed E-state index contributed by atoms with van der Waals surface area (Å²) < 4.78 is 32.9. The van der Waals surface area contributed by atoms with Crippen LogP contribution in [0.3, 0.4) is 0 Å². The Hall–Kier alpha value is -1.54. The molecule has 0 heterocycles. The molecule has 2 unspecified atom stereocenters. The van der Waals surface area contributed by atoms with Crippen molar-refractivity contribution in [2.45, 2.75) is 116 Å². The molecule has 2 atom stereocenters. The van der Waals surface area contributed by atoms with Gasteiger partial charge in [0, 0.05) is 19.6 Å². The van der Waals surface area contributed by atoms with Gasteiger partial charge in [-0.2, -0.15) is 0 Å². The number of unbranched alkanes of at least 4 members (excludes halogenated alkanes) is 8. The van der Waals surface area contributed by atoms with Crippen LogP contribution in [0.15, 0.2) is 48.6 Å². The fraction of sp³-hybridized carbons (Fsp3) is 0.719. The normalized spacial score (nSPS) is 14.5. The highest BCUT2D eigenvalue weighted by atomic mass is 31.2. The highest BCUT2D eigenvalue weighted by Gasteiger charge is 2.25. The van der Waals surface area contributed by atoms with E-state index in [0.29, 0.717) is 13.0 Å². The smallest absolute Gasteiger partial charge is 0.457 e. The first-order valence-electron chi connectivity index (χ1n) is 15.6. The summed E-state index contributed by atoms with van der Waals surface area (Å²) in [5.41, 5.74) is 5.31. The number of allylic oxidation sites excluding steroid dienone is 8. The number of carbonyl (C=O) groups excluding carboxylic acids is 1. The van der Waals surface area contributed by atoms with Gasteiger partial charge >= 0.3 is 13.8 Å². The molecule has 3 N–H and O–H groups in total. The van der Waals surface area contributed by atoms with E-state index >= 15 is 0 Å². The fourth-order valence-corrected chi connectivity index (χ4v) is 4.51. The van der Waals surface area contributed by atoms with Gasteiger partial charge in [0.25, 0.3) is 0 Å². The van der Waals surface area contributed by atoms with Gasteiger partial charge in [-0.25, -0.2) is 4.57 Å². The van der Waals surface area contributed by atoms with Crippen LogP contribution in [-0.4, -0.2) is 49.9 Å². The van der Waals surface area contributed by atoms with Gasteiger partial charge < -0.3 is 20.1 Å². The number of hydrogen-bond donors (Lipinski definition) is 2. The molecular weight excluding hydrogens is 541 g/mol. The van der Waals surface area contributed by atoms with E-state index in [2.05, 4.69) is 62.5 Å². The van der Waals surface area contributed by atoms with Crippen LogP contribution in [0.2, 0.25) is 0 Å². The number of carbonyl (C=O) groups is 1. The largest absolute Gasteiger partial charge is 0.472 e. The van der Waals surface area contributed by atoms with E-state index in [9.17, 15) is 14.3 Å². The molecule has 0 aromatic heterocycles. The molecule has 0 fully saturated rings. The molecule has 0 radical (unpaired) electrons. The second-order valence-electron chi connectivity index (χ2n) is 9.94. The van der Waals surface area contributed by atoms with Crippen LogP contribution >= 0.6 is 7.82 Å². The van der Waals surface area contributed by atoms with Gasteiger partial charge in [0.2, 0.25) is 0 Å². The molecular formula is C32H58NO7P. The van der Waals surface area contributed by atoms with E-state index in [-0.39, 0.29) is 38.8 Å². The van der Waals surface area contributed by atoms with Crippen molar-refractivity contribution in [3.63, 3.8) is 0 Å². The Balaban J connectivity index is 4.25. The van der Waals surface area contributed by atoms with Crippen LogP contribution in [0.5, 0.6) is 0 Å². The lowest BCUT2D eigenvalue weighted by molar-refractivity contribution is -0.154. The Bertz CT molecular complexity index is 767. The molecule has 0 aliphatic rings. The molecule has 0 saturated heterocycles. The molecule has 238 valence electrons. The minimum Gasteiger partial charge on any atom is -0.457 e. The Morgan fingerprint density at radius 1 is 0.756 bits per heavy atom. The highest BCUT2D eigenvalue weighted by Crippen LogP contribution is 2.43. The Morgan fingerprint density at radius 3 is 2.00 bits per heavy atom. The Kier molecular flexibility index (Phi) is 28.8. The molecule has 0 saturated carbocycles. The second kappa shape index (κ2) is 29.9. The highest BCUT2D eigenvalue weighted by molar-refractivity contribution is 7.47. The zero-order valence-electron chi connectivity index (χ0n) is 25.8. The predicted octanol–water partition coefficient (Wildman–Crippen LogP) is 8.12. The molecule has 0 aromatic rings. The van der Waals surface area contributed by atoms with E-state index in [1.165, 1.54) is 32.1 Å². The molecule has 0 aliphatic carbocycles. The number of hydrogen-bond acceptors (Lipinski definition) is 7. The van der Waals surface area contributed by atoms with Crippen molar-refractivity contribution in [2.75, 3.05) is 33.0 Å². The molecule has 8 nitrogen and oxygen atoms in total. The maximum atomic E-state index is 12.4. The fourth-order valence-electron chi connectivity index (χ4n) is 3.75. The minimum absolute atomic E-state index is 0.0921. The predicted molar refractivity (Wildman–Crippen MR) is 169 cm³/mol. The summed E-state index contributed by atoms with van der Waals surface area (Å²) in [4.78, 5) is 22.2. The van der Waals surface area contributed by atoms with Crippen molar-refractivity contribution >= 4 is 13.8 Å². The zero-order chi connectivity index (χ0) is 30.3. The number of ether oxygens (including phenoxy) is 2. The van der Waals surface area contributed by atoms with E-state index < -0.39 is 13.9 Å². The molecule has 0 amide bonds. The van der Waals surface area contributed by atoms with Gasteiger partial charge in [-0.15, -0.1) is 0 Å². The van der Waals surface area contributed by atoms with Crippen LogP contribution in [0.4, 0.5) is 0 Å². The lowest BCUT2D eigenvalue weighted by Gasteiger charge is -2.20. The average Bonchev–Trinajstić information content (AvgIpc) is 2.96. The quantitative estimate of drug-likeness (QED) is 0.0383. The van der Waals surface area contributed by atoms with E-state index in [0.717, 1.165) is 51.4 Å². The van der Waals surface area contributed by atoms with Crippen molar-refractivity contribution in [3.05, 3.63) is 48.6 Å². The van der Waals surface area contributed by atoms with Gasteiger partial charge in [0.15, 0.2) is 0 Å². The topological polar surface area (TPSA) is 117 Å². The number of phosphoric acid groups is 1. The second-order valence-corrected chi connectivity index (χ2v) is 11.4. The maximum Gasteiger partial charge on any atom is 0.472 e. The summed E-state index contributed by atoms with van der Waals surface area (Å²) in [6.45, 7) is 4.67. The summed E-state index contributed by atoms with van der Waals surface area (Å²) in [6.07, 6.45) is 31.4. The van der Waals surface area contributed by atoms with Crippen LogP contribution < -0.4 is 5.73 Å². The van der Waals surface area contributed by atoms with Crippen molar-refractivity contribution in [3.8, 4) is 0 Å². The van der Waals surface area contributed by atoms with Gasteiger partial charge in [-0.3, -0.25) is 13.8 Å². The van der Waals surface area contributed by atoms with E-state index in [4.69, 9.17) is 24.3 Å². The first kappa shape index (κ1) is 39.5. The first-order valence-corrected chi connectivity index (χ1v) is 17.1. The average molecular weight is 600 g/mol. The molecule has 41 heavy (non-hydrogen) atoms. The van der Waals surface area contributed by atoms with Gasteiger partial charge in [-0.05, 0) is 51.4 Å². The Labute approximate surface area is 250 Å². The molecule has 0 bridgehead atoms. The number of phosphoric ester groups is 1. The third-order valence-corrected chi connectivity index (χ3v) is 6.99. The molecule has 0 aliphatic heterocycles. The SMILES string of the molecule is CC/C=C\C/C=C\C/C=C\C/C=C\CCCCC(=O)OC(COCCCCCCCCC)COP(=O)(O)OCCN. The monoisotopic (exact) mass is 599 g/mol. The lowest BCUT2D eigenvalue weighted by Crippen LogP contribution is -2.28. The van der Waals surface area contributed by atoms with Crippen LogP contribution in [0.25, 0.3) is 0 Å². The summed E-state index contributed by atoms with van der Waals surface area (Å²) >= 11 is 0. The number of nitrogens with two attached hydrogens (primary N) is 1. The van der Waals surface area contributed by atoms with Crippen LogP contribution in [0, 0.1) is 0 Å². The van der Waals surface area contributed by atoms with E-state index in [1.54, 1.807) is 0 Å². The molecule has 9 heteroatoms. The van der Waals surface area contributed by atoms with Gasteiger partial charge in [-0.1, -0.05) is 101 Å². The molecule has 0 aromatic carbocycles. The van der Waals surface area contributed by atoms with Crippen molar-refractivity contribution in [2.24, 2.45) is 5.73 Å². The van der Waals surface area contributed by atoms with E-state index in [1.807, 2.05) is 0 Å². The van der Waals surface area contributed by atoms with Gasteiger partial charge in [0.05, 0.1) is 19.8 Å². The standard InChI is InChI=1S/C32H58NO7P/c1-3-5-7-9-11-12-13-14-15-16-17-18-19-21-23-25-32(34)40-31(30-39-41(35,36)38-28-26-33)29-37-27-24-22-20-10-8-6-4-2/h5,7,11-12,14-15,17-18,31H,3-4,6,8-10,13,16,19-30,33H2,1-2H3,(H,35,36)/b7-5-,12-11-,15-14-,18-17-. The minimum atomic E-state index is -4.27. The summed E-state index contributed by atoms with van der Waals surface area (Å²) in [6, 6.07) is 0. The van der Waals surface area contributed by atoms with Crippen molar-refractivity contribution in [1.29, 1.82) is 0 Å². The zero-order valence-corrected chi connectivity index (χ0v) is 26.7. The van der Waals surface area contributed by atoms with Crippen LogP contribution in [0.1, 0.15) is 110 Å². The number of esters is 1. The maximum absolute atomic E-state index is 12.4. The Morgan fingerprint density at radius 2 is 1.37 bits per heavy atom. The number of rotatable bonds is 29.